The first-order chi connectivity index (χ1) is 14.0. The molecule has 6 nitrogen and oxygen atoms in total. The quantitative estimate of drug-likeness (QED) is 0.691. The predicted octanol–water partition coefficient (Wildman–Crippen LogP) is 4.44. The van der Waals surface area contributed by atoms with Crippen LogP contribution in [0.5, 0.6) is 11.5 Å². The molecular formula is C23H31N3O3. The van der Waals surface area contributed by atoms with Crippen LogP contribution in [0.1, 0.15) is 37.3 Å². The van der Waals surface area contributed by atoms with Gasteiger partial charge in [-0.05, 0) is 81.7 Å². The fourth-order valence-corrected chi connectivity index (χ4v) is 3.60. The predicted molar refractivity (Wildman–Crippen MR) is 116 cm³/mol. The van der Waals surface area contributed by atoms with E-state index in [0.29, 0.717) is 12.6 Å². The SMILES string of the molecule is COc1ccc(C(CNC(=O)Nc2ccc(OC3CCCC3)cc2)N(C)C)cc1. The highest BCUT2D eigenvalue weighted by molar-refractivity contribution is 5.89. The van der Waals surface area contributed by atoms with Gasteiger partial charge in [-0.25, -0.2) is 4.79 Å². The van der Waals surface area contributed by atoms with Crippen molar-refractivity contribution in [3.05, 3.63) is 54.1 Å². The van der Waals surface area contributed by atoms with Gasteiger partial charge in [0.1, 0.15) is 11.5 Å². The summed E-state index contributed by atoms with van der Waals surface area (Å²) in [7, 11) is 5.65. The number of urea groups is 1. The van der Waals surface area contributed by atoms with E-state index in [2.05, 4.69) is 15.5 Å². The molecule has 1 unspecified atom stereocenters. The number of likely N-dealkylation sites (N-methyl/N-ethyl adjacent to an activating group) is 1. The summed E-state index contributed by atoms with van der Waals surface area (Å²) in [5, 5.41) is 5.84. The number of hydrogen-bond donors (Lipinski definition) is 2. The van der Waals surface area contributed by atoms with Gasteiger partial charge < -0.3 is 25.0 Å². The van der Waals surface area contributed by atoms with Crippen LogP contribution < -0.4 is 20.1 Å². The number of amides is 2. The van der Waals surface area contributed by atoms with E-state index in [1.807, 2.05) is 62.6 Å². The van der Waals surface area contributed by atoms with Crippen molar-refractivity contribution in [2.24, 2.45) is 0 Å². The van der Waals surface area contributed by atoms with Crippen molar-refractivity contribution in [1.82, 2.24) is 10.2 Å². The van der Waals surface area contributed by atoms with Gasteiger partial charge in [0.15, 0.2) is 0 Å². The first kappa shape index (κ1) is 21.0. The molecular weight excluding hydrogens is 366 g/mol. The van der Waals surface area contributed by atoms with E-state index >= 15 is 0 Å². The van der Waals surface area contributed by atoms with Gasteiger partial charge in [0.05, 0.1) is 19.3 Å². The Hall–Kier alpha value is -2.73. The lowest BCUT2D eigenvalue weighted by molar-refractivity contribution is 0.210. The Balaban J connectivity index is 1.50. The van der Waals surface area contributed by atoms with E-state index in [-0.39, 0.29) is 12.1 Å². The van der Waals surface area contributed by atoms with E-state index in [1.54, 1.807) is 7.11 Å². The Morgan fingerprint density at radius 1 is 1.03 bits per heavy atom. The molecule has 2 N–H and O–H groups in total. The molecule has 6 heteroatoms. The van der Waals surface area contributed by atoms with Crippen molar-refractivity contribution >= 4 is 11.7 Å². The molecule has 156 valence electrons. The van der Waals surface area contributed by atoms with Crippen molar-refractivity contribution in [2.75, 3.05) is 33.1 Å². The van der Waals surface area contributed by atoms with E-state index in [1.165, 1.54) is 12.8 Å². The Morgan fingerprint density at radius 2 is 1.66 bits per heavy atom. The van der Waals surface area contributed by atoms with Gasteiger partial charge in [-0.2, -0.15) is 0 Å². The average molecular weight is 398 g/mol. The number of carbonyl (C=O) groups is 1. The van der Waals surface area contributed by atoms with Gasteiger partial charge in [0.2, 0.25) is 0 Å². The summed E-state index contributed by atoms with van der Waals surface area (Å²) in [4.78, 5) is 14.4. The molecule has 0 spiro atoms. The molecule has 1 aliphatic carbocycles. The molecule has 0 heterocycles. The fraction of sp³-hybridized carbons (Fsp3) is 0.435. The molecule has 0 aromatic heterocycles. The third-order valence-corrected chi connectivity index (χ3v) is 5.30. The highest BCUT2D eigenvalue weighted by Crippen LogP contribution is 2.25. The number of rotatable bonds is 8. The molecule has 0 radical (unpaired) electrons. The summed E-state index contributed by atoms with van der Waals surface area (Å²) in [6.07, 6.45) is 5.08. The summed E-state index contributed by atoms with van der Waals surface area (Å²) in [5.74, 6) is 1.67. The molecule has 1 aliphatic rings. The maximum Gasteiger partial charge on any atom is 0.319 e. The Morgan fingerprint density at radius 3 is 2.24 bits per heavy atom. The first-order valence-electron chi connectivity index (χ1n) is 10.2. The van der Waals surface area contributed by atoms with E-state index in [0.717, 1.165) is 35.6 Å². The Labute approximate surface area is 173 Å². The van der Waals surface area contributed by atoms with Crippen LogP contribution in [0.25, 0.3) is 0 Å². The number of methoxy groups -OCH3 is 1. The normalized spacial score (nSPS) is 15.2. The summed E-state index contributed by atoms with van der Waals surface area (Å²) in [6, 6.07) is 15.3. The minimum absolute atomic E-state index is 0.0637. The van der Waals surface area contributed by atoms with Gasteiger partial charge in [0, 0.05) is 12.2 Å². The second-order valence-electron chi connectivity index (χ2n) is 7.64. The third kappa shape index (κ3) is 6.12. The molecule has 2 aromatic rings. The molecule has 1 saturated carbocycles. The second-order valence-corrected chi connectivity index (χ2v) is 7.64. The van der Waals surface area contributed by atoms with Crippen LogP contribution in [0, 0.1) is 0 Å². The van der Waals surface area contributed by atoms with Crippen LogP contribution in [0.3, 0.4) is 0 Å². The van der Waals surface area contributed by atoms with Crippen LogP contribution in [0.15, 0.2) is 48.5 Å². The average Bonchev–Trinajstić information content (AvgIpc) is 3.23. The van der Waals surface area contributed by atoms with Crippen molar-refractivity contribution < 1.29 is 14.3 Å². The van der Waals surface area contributed by atoms with Crippen molar-refractivity contribution in [2.45, 2.75) is 37.8 Å². The molecule has 2 aromatic carbocycles. The van der Waals surface area contributed by atoms with Crippen molar-refractivity contribution in [1.29, 1.82) is 0 Å². The molecule has 0 bridgehead atoms. The first-order valence-corrected chi connectivity index (χ1v) is 10.2. The molecule has 1 atom stereocenters. The molecule has 2 amide bonds. The second kappa shape index (κ2) is 10.2. The molecule has 29 heavy (non-hydrogen) atoms. The standard InChI is InChI=1S/C23H31N3O3/c1-26(2)22(17-8-12-19(28-3)13-9-17)16-24-23(27)25-18-10-14-21(15-11-18)29-20-6-4-5-7-20/h8-15,20,22H,4-7,16H2,1-3H3,(H2,24,25,27). The van der Waals surface area contributed by atoms with Gasteiger partial charge in [-0.3, -0.25) is 0 Å². The number of nitrogens with zero attached hydrogens (tertiary/aromatic N) is 1. The van der Waals surface area contributed by atoms with E-state index in [4.69, 9.17) is 9.47 Å². The zero-order valence-corrected chi connectivity index (χ0v) is 17.5. The Bertz CT molecular complexity index is 769. The maximum absolute atomic E-state index is 12.3. The summed E-state index contributed by atoms with van der Waals surface area (Å²) in [6.45, 7) is 0.494. The fourth-order valence-electron chi connectivity index (χ4n) is 3.60. The summed E-state index contributed by atoms with van der Waals surface area (Å²) < 4.78 is 11.2. The van der Waals surface area contributed by atoms with Gasteiger partial charge >= 0.3 is 6.03 Å². The zero-order chi connectivity index (χ0) is 20.6. The van der Waals surface area contributed by atoms with Gasteiger partial charge in [0.25, 0.3) is 0 Å². The number of benzene rings is 2. The Kier molecular flexibility index (Phi) is 7.36. The lowest BCUT2D eigenvalue weighted by atomic mass is 10.1. The van der Waals surface area contributed by atoms with Crippen molar-refractivity contribution in [3.8, 4) is 11.5 Å². The largest absolute Gasteiger partial charge is 0.497 e. The highest BCUT2D eigenvalue weighted by atomic mass is 16.5. The van der Waals surface area contributed by atoms with E-state index < -0.39 is 0 Å². The molecule has 0 saturated heterocycles. The zero-order valence-electron chi connectivity index (χ0n) is 17.5. The molecule has 0 aliphatic heterocycles. The number of carbonyl (C=O) groups excluding carboxylic acids is 1. The number of anilines is 1. The lowest BCUT2D eigenvalue weighted by Gasteiger charge is -2.25. The maximum atomic E-state index is 12.3. The summed E-state index contributed by atoms with van der Waals surface area (Å²) >= 11 is 0. The molecule has 3 rings (SSSR count). The van der Waals surface area contributed by atoms with Gasteiger partial charge in [-0.15, -0.1) is 0 Å². The van der Waals surface area contributed by atoms with Crippen LogP contribution in [-0.4, -0.2) is 44.8 Å². The number of ether oxygens (including phenoxy) is 2. The molecule has 1 fully saturated rings. The van der Waals surface area contributed by atoms with Crippen LogP contribution in [0.2, 0.25) is 0 Å². The lowest BCUT2D eigenvalue weighted by Crippen LogP contribution is -2.36. The van der Waals surface area contributed by atoms with Crippen LogP contribution >= 0.6 is 0 Å². The number of hydrogen-bond acceptors (Lipinski definition) is 4. The van der Waals surface area contributed by atoms with E-state index in [9.17, 15) is 4.79 Å². The highest BCUT2D eigenvalue weighted by Gasteiger charge is 2.17. The monoisotopic (exact) mass is 397 g/mol. The summed E-state index contributed by atoms with van der Waals surface area (Å²) in [5.41, 5.74) is 1.86. The minimum Gasteiger partial charge on any atom is -0.497 e. The van der Waals surface area contributed by atoms with Crippen LogP contribution in [0.4, 0.5) is 10.5 Å². The topological polar surface area (TPSA) is 62.8 Å². The third-order valence-electron chi connectivity index (χ3n) is 5.30. The van der Waals surface area contributed by atoms with Crippen molar-refractivity contribution in [3.63, 3.8) is 0 Å². The smallest absolute Gasteiger partial charge is 0.319 e. The minimum atomic E-state index is -0.227. The number of nitrogens with one attached hydrogen (secondary N) is 2. The van der Waals surface area contributed by atoms with Crippen LogP contribution in [-0.2, 0) is 0 Å². The van der Waals surface area contributed by atoms with Gasteiger partial charge in [-0.1, -0.05) is 12.1 Å².